The van der Waals surface area contributed by atoms with Crippen LogP contribution in [0.1, 0.15) is 25.0 Å². The van der Waals surface area contributed by atoms with Crippen molar-refractivity contribution in [3.63, 3.8) is 0 Å². The van der Waals surface area contributed by atoms with Crippen LogP contribution in [0.15, 0.2) is 79.4 Å². The van der Waals surface area contributed by atoms with Crippen molar-refractivity contribution in [2.45, 2.75) is 51.9 Å². The Kier molecular flexibility index (Phi) is 11.2. The Balaban J connectivity index is 1.57. The zero-order chi connectivity index (χ0) is 28.0. The third-order valence-electron chi connectivity index (χ3n) is 5.78. The highest BCUT2D eigenvalue weighted by molar-refractivity contribution is 5.85. The van der Waals surface area contributed by atoms with Crippen LogP contribution < -0.4 is 15.2 Å². The van der Waals surface area contributed by atoms with Gasteiger partial charge in [-0.3, -0.25) is 9.59 Å². The van der Waals surface area contributed by atoms with E-state index in [2.05, 4.69) is 10.6 Å². The van der Waals surface area contributed by atoms with Crippen molar-refractivity contribution in [1.29, 1.82) is 0 Å². The van der Waals surface area contributed by atoms with Gasteiger partial charge < -0.3 is 20.1 Å². The molecule has 2 amide bonds. The Labute approximate surface area is 227 Å². The maximum Gasteiger partial charge on any atom is 0.328 e. The highest BCUT2D eigenvalue weighted by Gasteiger charge is 2.25. The summed E-state index contributed by atoms with van der Waals surface area (Å²) < 4.78 is 13.5. The van der Waals surface area contributed by atoms with Crippen molar-refractivity contribution in [3.8, 4) is 0 Å². The second-order valence-electron chi connectivity index (χ2n) is 8.88. The Morgan fingerprint density at radius 3 is 1.74 bits per heavy atom. The first-order chi connectivity index (χ1) is 18.9. The molecular weight excluding hydrogens is 500 g/mol. The molecule has 2 atom stereocenters. The van der Waals surface area contributed by atoms with E-state index < -0.39 is 24.0 Å². The smallest absolute Gasteiger partial charge is 0.328 e. The van der Waals surface area contributed by atoms with Gasteiger partial charge in [0.25, 0.3) is 11.8 Å². The van der Waals surface area contributed by atoms with Crippen LogP contribution in [0, 0.1) is 0 Å². The molecule has 0 fully saturated rings. The van der Waals surface area contributed by atoms with Crippen LogP contribution in [0.25, 0.3) is 0 Å². The molecule has 0 aliphatic heterocycles. The number of rotatable bonds is 14. The number of nitrogens with one attached hydrogen (secondary N) is 2. The van der Waals surface area contributed by atoms with Crippen LogP contribution in [-0.2, 0) is 54.6 Å². The van der Waals surface area contributed by atoms with E-state index in [1.165, 1.54) is 0 Å². The van der Waals surface area contributed by atoms with Gasteiger partial charge in [-0.2, -0.15) is 0 Å². The summed E-state index contributed by atoms with van der Waals surface area (Å²) in [5.41, 5.74) is 1.79. The molecule has 206 valence electrons. The fraction of sp³-hybridized carbons (Fsp3) is 0.345. The minimum Gasteiger partial charge on any atom is -0.464 e. The minimum atomic E-state index is -0.822. The summed E-state index contributed by atoms with van der Waals surface area (Å²) >= 11 is 0. The summed E-state index contributed by atoms with van der Waals surface area (Å²) in [5, 5.41) is 5.50. The average molecular weight is 536 g/mol. The van der Waals surface area contributed by atoms with E-state index in [4.69, 9.17) is 9.47 Å². The molecule has 0 aliphatic carbocycles. The molecule has 10 heteroatoms. The number of carbonyl (C=O) groups excluding carboxylic acids is 4. The molecule has 0 radical (unpaired) electrons. The van der Waals surface area contributed by atoms with E-state index in [1.807, 2.05) is 60.7 Å². The zero-order valence-electron chi connectivity index (χ0n) is 22.2. The highest BCUT2D eigenvalue weighted by Crippen LogP contribution is 2.06. The second-order valence-corrected chi connectivity index (χ2v) is 8.88. The predicted molar refractivity (Wildman–Crippen MR) is 142 cm³/mol. The monoisotopic (exact) mass is 535 g/mol. The van der Waals surface area contributed by atoms with E-state index in [0.29, 0.717) is 12.8 Å². The molecule has 0 bridgehead atoms. The van der Waals surface area contributed by atoms with Gasteiger partial charge in [-0.15, -0.1) is 0 Å². The number of carbonyl (C=O) groups is 4. The first-order valence-corrected chi connectivity index (χ1v) is 12.9. The fourth-order valence-electron chi connectivity index (χ4n) is 4.01. The van der Waals surface area contributed by atoms with Gasteiger partial charge in [0.2, 0.25) is 6.33 Å². The Bertz CT molecular complexity index is 1130. The quantitative estimate of drug-likeness (QED) is 0.238. The van der Waals surface area contributed by atoms with Gasteiger partial charge in [-0.05, 0) is 25.0 Å². The number of hydrogen-bond donors (Lipinski definition) is 2. The van der Waals surface area contributed by atoms with Crippen LogP contribution in [-0.4, -0.2) is 53.6 Å². The first kappa shape index (κ1) is 29.1. The van der Waals surface area contributed by atoms with E-state index in [1.54, 1.807) is 41.7 Å². The van der Waals surface area contributed by atoms with Gasteiger partial charge in [0.15, 0.2) is 13.1 Å². The van der Waals surface area contributed by atoms with Gasteiger partial charge in [-0.1, -0.05) is 60.7 Å². The minimum absolute atomic E-state index is 0.0568. The van der Waals surface area contributed by atoms with E-state index >= 15 is 0 Å². The Hall–Kier alpha value is -4.47. The molecular formula is C29H35N4O6+. The average Bonchev–Trinajstić information content (AvgIpc) is 3.35. The molecule has 2 aromatic carbocycles. The lowest BCUT2D eigenvalue weighted by molar-refractivity contribution is -0.684. The molecule has 3 rings (SSSR count). The second kappa shape index (κ2) is 15.1. The SMILES string of the molecule is CCOC(=O)[C@H](Cc1ccccc1)NC(=O)Cn1cc[n+](CC(=O)N[C@@H](Cc2ccccc2)C(=O)OCC)c1. The Morgan fingerprint density at radius 2 is 1.26 bits per heavy atom. The molecule has 1 aromatic heterocycles. The maximum atomic E-state index is 12.7. The number of imidazole rings is 1. The molecule has 2 N–H and O–H groups in total. The summed E-state index contributed by atoms with van der Waals surface area (Å²) in [5.74, 6) is -1.75. The fourth-order valence-corrected chi connectivity index (χ4v) is 4.01. The molecule has 0 spiro atoms. The molecule has 0 saturated heterocycles. The lowest BCUT2D eigenvalue weighted by Crippen LogP contribution is -2.49. The molecule has 0 aliphatic rings. The van der Waals surface area contributed by atoms with Crippen molar-refractivity contribution < 1.29 is 33.2 Å². The van der Waals surface area contributed by atoms with E-state index in [0.717, 1.165) is 11.1 Å². The van der Waals surface area contributed by atoms with Crippen LogP contribution in [0.2, 0.25) is 0 Å². The first-order valence-electron chi connectivity index (χ1n) is 12.9. The summed E-state index contributed by atoms with van der Waals surface area (Å²) in [6, 6.07) is 17.1. The van der Waals surface area contributed by atoms with Crippen LogP contribution in [0.5, 0.6) is 0 Å². The normalized spacial score (nSPS) is 12.2. The van der Waals surface area contributed by atoms with Crippen molar-refractivity contribution in [1.82, 2.24) is 15.2 Å². The molecule has 3 aromatic rings. The van der Waals surface area contributed by atoms with Crippen LogP contribution in [0.4, 0.5) is 0 Å². The van der Waals surface area contributed by atoms with Crippen molar-refractivity contribution >= 4 is 23.8 Å². The maximum absolute atomic E-state index is 12.7. The lowest BCUT2D eigenvalue weighted by Gasteiger charge is -2.17. The van der Waals surface area contributed by atoms with Crippen molar-refractivity contribution in [2.75, 3.05) is 13.2 Å². The zero-order valence-corrected chi connectivity index (χ0v) is 22.2. The highest BCUT2D eigenvalue weighted by atomic mass is 16.5. The van der Waals surface area contributed by atoms with Gasteiger partial charge in [0, 0.05) is 12.8 Å². The third-order valence-corrected chi connectivity index (χ3v) is 5.78. The number of aromatic nitrogens is 2. The predicted octanol–water partition coefficient (Wildman–Crippen LogP) is 1.36. The van der Waals surface area contributed by atoms with Crippen molar-refractivity contribution in [2.24, 2.45) is 0 Å². The van der Waals surface area contributed by atoms with Crippen LogP contribution >= 0.6 is 0 Å². The molecule has 39 heavy (non-hydrogen) atoms. The number of benzene rings is 2. The van der Waals surface area contributed by atoms with Crippen LogP contribution in [0.3, 0.4) is 0 Å². The number of hydrogen-bond acceptors (Lipinski definition) is 6. The van der Waals surface area contributed by atoms with Gasteiger partial charge in [0.05, 0.1) is 13.2 Å². The Morgan fingerprint density at radius 1 is 0.769 bits per heavy atom. The lowest BCUT2D eigenvalue weighted by atomic mass is 10.1. The number of amides is 2. The standard InChI is InChI=1S/C29H34N4O6/c1-3-38-28(36)24(17-22-11-7-5-8-12-22)30-26(34)19-32-15-16-33(21-32)20-27(35)31-25(29(37)39-4-2)18-23-13-9-6-10-14-23/h5-16,21,24-25H,3-4,17-20H2,1-2H3,(H-,30,31,34,35)/p+1/t24-,25-/m0/s1. The van der Waals surface area contributed by atoms with Gasteiger partial charge in [-0.25, -0.2) is 18.7 Å². The molecule has 1 heterocycles. The number of nitrogens with zero attached hydrogens (tertiary/aromatic N) is 2. The van der Waals surface area contributed by atoms with Gasteiger partial charge in [0.1, 0.15) is 24.5 Å². The van der Waals surface area contributed by atoms with E-state index in [9.17, 15) is 19.2 Å². The number of ether oxygens (including phenoxy) is 2. The summed E-state index contributed by atoms with van der Waals surface area (Å²) in [4.78, 5) is 50.3. The molecule has 10 nitrogen and oxygen atoms in total. The van der Waals surface area contributed by atoms with Gasteiger partial charge >= 0.3 is 11.9 Å². The van der Waals surface area contributed by atoms with Crippen molar-refractivity contribution in [3.05, 3.63) is 90.5 Å². The van der Waals surface area contributed by atoms with E-state index in [-0.39, 0.29) is 38.1 Å². The molecule has 0 saturated carbocycles. The molecule has 0 unspecified atom stereocenters. The summed E-state index contributed by atoms with van der Waals surface area (Å²) in [7, 11) is 0. The number of esters is 2. The third kappa shape index (κ3) is 9.73. The largest absolute Gasteiger partial charge is 0.464 e. The topological polar surface area (TPSA) is 120 Å². The summed E-state index contributed by atoms with van der Waals surface area (Å²) in [6.45, 7) is 3.73. The summed E-state index contributed by atoms with van der Waals surface area (Å²) in [6.07, 6.45) is 5.52.